The molecule has 0 saturated heterocycles. The molecule has 0 aliphatic heterocycles. The molecule has 0 radical (unpaired) electrons. The van der Waals surface area contributed by atoms with E-state index in [4.69, 9.17) is 0 Å². The summed E-state index contributed by atoms with van der Waals surface area (Å²) in [6.07, 6.45) is 11.4. The van der Waals surface area contributed by atoms with Crippen LogP contribution < -0.4 is 0 Å². The second-order valence-corrected chi connectivity index (χ2v) is 5.05. The minimum atomic E-state index is 0.991. The van der Waals surface area contributed by atoms with Gasteiger partial charge in [0.05, 0.1) is 6.33 Å². The van der Waals surface area contributed by atoms with Crippen LogP contribution in [0.1, 0.15) is 5.56 Å². The standard InChI is InChI=1S/C17H14N4/c1-13-6-9-20-11-8-19-17(20)16(13)14-2-4-15(5-3-14)21-10-7-18-12-21/h2-12H,1H3. The van der Waals surface area contributed by atoms with Gasteiger partial charge in [0, 0.05) is 42.2 Å². The highest BCUT2D eigenvalue weighted by Gasteiger charge is 2.09. The van der Waals surface area contributed by atoms with Crippen LogP contribution in [0.25, 0.3) is 22.5 Å². The summed E-state index contributed by atoms with van der Waals surface area (Å²) in [4.78, 5) is 8.55. The number of imidazole rings is 2. The predicted molar refractivity (Wildman–Crippen MR) is 82.5 cm³/mol. The summed E-state index contributed by atoms with van der Waals surface area (Å²) in [7, 11) is 0. The van der Waals surface area contributed by atoms with Crippen molar-refractivity contribution < 1.29 is 0 Å². The summed E-state index contributed by atoms with van der Waals surface area (Å²) in [5.41, 5.74) is 5.67. The predicted octanol–water partition coefficient (Wildman–Crippen LogP) is 3.50. The van der Waals surface area contributed by atoms with Gasteiger partial charge in [-0.15, -0.1) is 0 Å². The summed E-state index contributed by atoms with van der Waals surface area (Å²) in [5.74, 6) is 0. The number of fused-ring (bicyclic) bond motifs is 1. The summed E-state index contributed by atoms with van der Waals surface area (Å²) >= 11 is 0. The van der Waals surface area contributed by atoms with Crippen molar-refractivity contribution in [1.82, 2.24) is 18.9 Å². The zero-order chi connectivity index (χ0) is 14.2. The van der Waals surface area contributed by atoms with Gasteiger partial charge in [-0.25, -0.2) is 9.97 Å². The van der Waals surface area contributed by atoms with Crippen molar-refractivity contribution in [3.63, 3.8) is 0 Å². The van der Waals surface area contributed by atoms with Gasteiger partial charge < -0.3 is 8.97 Å². The fraction of sp³-hybridized carbons (Fsp3) is 0.0588. The summed E-state index contributed by atoms with van der Waals surface area (Å²) < 4.78 is 4.04. The van der Waals surface area contributed by atoms with Crippen LogP contribution in [0.2, 0.25) is 0 Å². The summed E-state index contributed by atoms with van der Waals surface area (Å²) in [6, 6.07) is 10.6. The Kier molecular flexibility index (Phi) is 2.60. The van der Waals surface area contributed by atoms with Crippen molar-refractivity contribution in [2.45, 2.75) is 6.92 Å². The van der Waals surface area contributed by atoms with Crippen LogP contribution in [-0.4, -0.2) is 18.9 Å². The Hall–Kier alpha value is -2.88. The van der Waals surface area contributed by atoms with E-state index in [0.29, 0.717) is 0 Å². The number of rotatable bonds is 2. The van der Waals surface area contributed by atoms with Gasteiger partial charge in [0.25, 0.3) is 0 Å². The molecule has 0 aliphatic carbocycles. The average molecular weight is 274 g/mol. The van der Waals surface area contributed by atoms with Crippen molar-refractivity contribution in [2.24, 2.45) is 0 Å². The molecule has 0 fully saturated rings. The number of pyridine rings is 1. The number of aromatic nitrogens is 4. The maximum absolute atomic E-state index is 4.48. The Balaban J connectivity index is 1.85. The first kappa shape index (κ1) is 11.9. The highest BCUT2D eigenvalue weighted by Crippen LogP contribution is 2.28. The third-order valence-corrected chi connectivity index (χ3v) is 3.73. The fourth-order valence-electron chi connectivity index (χ4n) is 2.65. The molecule has 0 bridgehead atoms. The van der Waals surface area contributed by atoms with Gasteiger partial charge in [0.2, 0.25) is 0 Å². The van der Waals surface area contributed by atoms with Gasteiger partial charge >= 0.3 is 0 Å². The number of nitrogens with zero attached hydrogens (tertiary/aromatic N) is 4. The molecule has 102 valence electrons. The third-order valence-electron chi connectivity index (χ3n) is 3.73. The molecule has 0 unspecified atom stereocenters. The van der Waals surface area contributed by atoms with Crippen LogP contribution in [0.3, 0.4) is 0 Å². The van der Waals surface area contributed by atoms with E-state index in [1.165, 1.54) is 16.7 Å². The third kappa shape index (κ3) is 1.92. The number of aryl methyl sites for hydroxylation is 1. The van der Waals surface area contributed by atoms with Crippen molar-refractivity contribution in [3.8, 4) is 16.8 Å². The molecule has 0 N–H and O–H groups in total. The molecule has 21 heavy (non-hydrogen) atoms. The van der Waals surface area contributed by atoms with Crippen LogP contribution in [0.4, 0.5) is 0 Å². The zero-order valence-corrected chi connectivity index (χ0v) is 11.6. The maximum Gasteiger partial charge on any atom is 0.144 e. The second kappa shape index (κ2) is 4.59. The van der Waals surface area contributed by atoms with Crippen molar-refractivity contribution in [3.05, 3.63) is 73.2 Å². The largest absolute Gasteiger partial charge is 0.307 e. The van der Waals surface area contributed by atoms with Crippen LogP contribution in [0, 0.1) is 6.92 Å². The van der Waals surface area contributed by atoms with Gasteiger partial charge in [-0.05, 0) is 36.2 Å². The van der Waals surface area contributed by atoms with Crippen LogP contribution in [0.5, 0.6) is 0 Å². The van der Waals surface area contributed by atoms with Gasteiger partial charge in [-0.1, -0.05) is 12.1 Å². The molecule has 0 spiro atoms. The maximum atomic E-state index is 4.48. The van der Waals surface area contributed by atoms with Crippen LogP contribution >= 0.6 is 0 Å². The lowest BCUT2D eigenvalue weighted by Gasteiger charge is -2.09. The SMILES string of the molecule is Cc1ccn2ccnc2c1-c1ccc(-n2ccnc2)cc1. The Labute approximate surface area is 122 Å². The molecule has 1 aromatic carbocycles. The van der Waals surface area contributed by atoms with Gasteiger partial charge in [-0.2, -0.15) is 0 Å². The number of benzene rings is 1. The first-order valence-electron chi connectivity index (χ1n) is 6.84. The molecular weight excluding hydrogens is 260 g/mol. The lowest BCUT2D eigenvalue weighted by Crippen LogP contribution is -1.93. The topological polar surface area (TPSA) is 35.1 Å². The minimum Gasteiger partial charge on any atom is -0.307 e. The minimum absolute atomic E-state index is 0.991. The lowest BCUT2D eigenvalue weighted by atomic mass is 10.0. The van der Waals surface area contributed by atoms with E-state index in [0.717, 1.165) is 11.3 Å². The first-order valence-corrected chi connectivity index (χ1v) is 6.84. The number of hydrogen-bond acceptors (Lipinski definition) is 2. The Morgan fingerprint density at radius 2 is 1.76 bits per heavy atom. The Morgan fingerprint density at radius 1 is 0.905 bits per heavy atom. The highest BCUT2D eigenvalue weighted by atomic mass is 15.0. The molecule has 4 aromatic rings. The highest BCUT2D eigenvalue weighted by molar-refractivity contribution is 5.80. The second-order valence-electron chi connectivity index (χ2n) is 5.05. The molecule has 4 nitrogen and oxygen atoms in total. The lowest BCUT2D eigenvalue weighted by molar-refractivity contribution is 1.06. The molecule has 0 amide bonds. The molecule has 0 atom stereocenters. The Bertz CT molecular complexity index is 886. The van der Waals surface area contributed by atoms with E-state index in [-0.39, 0.29) is 0 Å². The normalized spacial score (nSPS) is 11.1. The van der Waals surface area contributed by atoms with Crippen molar-refractivity contribution >= 4 is 5.65 Å². The van der Waals surface area contributed by atoms with E-state index in [2.05, 4.69) is 47.2 Å². The van der Waals surface area contributed by atoms with E-state index >= 15 is 0 Å². The molecule has 3 heterocycles. The van der Waals surface area contributed by atoms with E-state index in [9.17, 15) is 0 Å². The quantitative estimate of drug-likeness (QED) is 0.561. The smallest absolute Gasteiger partial charge is 0.144 e. The molecule has 4 rings (SSSR count). The van der Waals surface area contributed by atoms with Crippen molar-refractivity contribution in [1.29, 1.82) is 0 Å². The van der Waals surface area contributed by atoms with Gasteiger partial charge in [0.1, 0.15) is 5.65 Å². The van der Waals surface area contributed by atoms with E-state index < -0.39 is 0 Å². The van der Waals surface area contributed by atoms with E-state index in [1.54, 1.807) is 12.5 Å². The summed E-state index contributed by atoms with van der Waals surface area (Å²) in [5, 5.41) is 0. The van der Waals surface area contributed by atoms with Crippen LogP contribution in [-0.2, 0) is 0 Å². The molecule has 3 aromatic heterocycles. The van der Waals surface area contributed by atoms with Gasteiger partial charge in [-0.3, -0.25) is 0 Å². The molecule has 0 aliphatic rings. The zero-order valence-electron chi connectivity index (χ0n) is 11.6. The molecule has 4 heteroatoms. The van der Waals surface area contributed by atoms with Gasteiger partial charge in [0.15, 0.2) is 0 Å². The Morgan fingerprint density at radius 3 is 2.52 bits per heavy atom. The first-order chi connectivity index (χ1) is 10.3. The van der Waals surface area contributed by atoms with Crippen molar-refractivity contribution in [2.75, 3.05) is 0 Å². The molecule has 0 saturated carbocycles. The molecular formula is C17H14N4. The fourth-order valence-corrected chi connectivity index (χ4v) is 2.65. The van der Waals surface area contributed by atoms with E-state index in [1.807, 2.05) is 33.8 Å². The monoisotopic (exact) mass is 274 g/mol. The number of hydrogen-bond donors (Lipinski definition) is 0. The summed E-state index contributed by atoms with van der Waals surface area (Å²) in [6.45, 7) is 2.12. The van der Waals surface area contributed by atoms with Crippen LogP contribution in [0.15, 0.2) is 67.6 Å². The average Bonchev–Trinajstić information content (AvgIpc) is 3.19.